The highest BCUT2D eigenvalue weighted by Gasteiger charge is 2.42. The number of hydrogen-bond donors (Lipinski definition) is 1. The number of aromatic nitrogens is 1. The molecule has 0 saturated carbocycles. The Kier molecular flexibility index (Phi) is 8.42. The molecule has 1 aliphatic heterocycles. The lowest BCUT2D eigenvalue weighted by atomic mass is 9.59. The predicted octanol–water partition coefficient (Wildman–Crippen LogP) is 8.96. The van der Waals surface area contributed by atoms with Gasteiger partial charge in [0.15, 0.2) is 8.07 Å². The second-order valence-corrected chi connectivity index (χ2v) is 19.0. The fourth-order valence-corrected chi connectivity index (χ4v) is 14.1. The summed E-state index contributed by atoms with van der Waals surface area (Å²) < 4.78 is 9.07. The van der Waals surface area contributed by atoms with Crippen LogP contribution in [0.25, 0.3) is 49.7 Å². The normalized spacial score (nSPS) is 12.1. The average molecular weight is 771 g/mol. The van der Waals surface area contributed by atoms with Gasteiger partial charge in [0.25, 0.3) is 0 Å². The monoisotopic (exact) mass is 770 g/mol. The third kappa shape index (κ3) is 5.65. The van der Waals surface area contributed by atoms with Crippen molar-refractivity contribution in [2.45, 2.75) is 0 Å². The van der Waals surface area contributed by atoms with E-state index in [1.165, 1.54) is 42.6 Å². The van der Waals surface area contributed by atoms with Crippen molar-refractivity contribution in [3.8, 4) is 45.2 Å². The number of nitrogens with zero attached hydrogens (tertiary/aromatic N) is 1. The molecule has 10 aromatic rings. The minimum atomic E-state index is -2.84. The summed E-state index contributed by atoms with van der Waals surface area (Å²) in [6.07, 6.45) is 0. The molecular weight excluding hydrogens is 733 g/mol. The number of rotatable bonds is 7. The molecule has 2 heterocycles. The number of benzene rings is 9. The van der Waals surface area contributed by atoms with Gasteiger partial charge in [0.05, 0.1) is 16.7 Å². The molecule has 1 N–H and O–H groups in total. The van der Waals surface area contributed by atoms with Crippen LogP contribution in [0.15, 0.2) is 218 Å². The van der Waals surface area contributed by atoms with Crippen molar-refractivity contribution in [2.75, 3.05) is 0 Å². The molecule has 277 valence electrons. The number of phenolic OH excluding ortho intramolecular Hbond substituents is 1. The molecule has 1 aromatic heterocycles. The first-order valence-corrected chi connectivity index (χ1v) is 22.1. The van der Waals surface area contributed by atoms with Crippen LogP contribution in [0.1, 0.15) is 0 Å². The molecule has 1 aliphatic rings. The Bertz CT molecular complexity index is 3030. The van der Waals surface area contributed by atoms with Gasteiger partial charge < -0.3 is 14.4 Å². The first kappa shape index (κ1) is 34.9. The third-order valence-electron chi connectivity index (χ3n) is 12.0. The van der Waals surface area contributed by atoms with Gasteiger partial charge in [-0.15, -0.1) is 0 Å². The van der Waals surface area contributed by atoms with Crippen LogP contribution < -0.4 is 36.4 Å². The SMILES string of the molecule is Oc1ccc([Si](c2ccccc2)(c2ccccc2)c2ccccc2)cc1-c1cccc2c1[B]c1cc(-c3ccccc3-n3c4ccccc4c4ccccc43)ccc1O2. The van der Waals surface area contributed by atoms with E-state index in [4.69, 9.17) is 4.74 Å². The summed E-state index contributed by atoms with van der Waals surface area (Å²) in [5, 5.41) is 19.3. The summed E-state index contributed by atoms with van der Waals surface area (Å²) in [7, 11) is -0.622. The first-order chi connectivity index (χ1) is 29.2. The summed E-state index contributed by atoms with van der Waals surface area (Å²) in [5.74, 6) is 1.79. The van der Waals surface area contributed by atoms with Gasteiger partial charge in [0.2, 0.25) is 7.28 Å². The Morgan fingerprint density at radius 1 is 0.424 bits per heavy atom. The smallest absolute Gasteiger partial charge is 0.202 e. The Morgan fingerprint density at radius 3 is 1.63 bits per heavy atom. The number of hydrogen-bond acceptors (Lipinski definition) is 2. The Balaban J connectivity index is 1.04. The number of ether oxygens (including phenoxy) is 1. The van der Waals surface area contributed by atoms with Gasteiger partial charge in [-0.25, -0.2) is 0 Å². The predicted molar refractivity (Wildman–Crippen MR) is 248 cm³/mol. The standard InChI is InChI=1S/C54H37BNO2Si/c57-51-33-32-41(59(38-17-4-1-5-18-38,39-19-6-2-7-20-39)40-21-8-3-9-22-40)36-46(51)45-26-16-30-53-54(45)55-47-35-37(31-34-52(47)58-53)42-23-10-13-27-48(42)56-49-28-14-11-24-43(49)44-25-12-15-29-50(44)56/h1-36,57H. The molecule has 0 bridgehead atoms. The maximum atomic E-state index is 11.8. The molecule has 0 aliphatic carbocycles. The summed E-state index contributed by atoms with van der Waals surface area (Å²) in [5.41, 5.74) is 9.30. The summed E-state index contributed by atoms with van der Waals surface area (Å²) in [6.45, 7) is 0. The highest BCUT2D eigenvalue weighted by atomic mass is 28.3. The van der Waals surface area contributed by atoms with E-state index >= 15 is 0 Å². The molecule has 0 amide bonds. The van der Waals surface area contributed by atoms with Crippen molar-refractivity contribution in [3.05, 3.63) is 218 Å². The number of fused-ring (bicyclic) bond motifs is 5. The molecule has 0 fully saturated rings. The van der Waals surface area contributed by atoms with Crippen LogP contribution in [0.3, 0.4) is 0 Å². The van der Waals surface area contributed by atoms with Gasteiger partial charge in [-0.1, -0.05) is 182 Å². The van der Waals surface area contributed by atoms with Gasteiger partial charge >= 0.3 is 0 Å². The zero-order valence-corrected chi connectivity index (χ0v) is 33.2. The lowest BCUT2D eigenvalue weighted by Gasteiger charge is -2.35. The first-order valence-electron chi connectivity index (χ1n) is 20.1. The summed E-state index contributed by atoms with van der Waals surface area (Å²) in [6, 6.07) is 77.4. The Morgan fingerprint density at radius 2 is 0.983 bits per heavy atom. The molecule has 1 radical (unpaired) electrons. The zero-order valence-electron chi connectivity index (χ0n) is 32.2. The second-order valence-electron chi connectivity index (χ2n) is 15.2. The topological polar surface area (TPSA) is 34.4 Å². The number of phenols is 1. The molecule has 0 saturated heterocycles. The molecule has 11 rings (SSSR count). The van der Waals surface area contributed by atoms with E-state index in [1.807, 2.05) is 18.2 Å². The van der Waals surface area contributed by atoms with E-state index in [0.29, 0.717) is 0 Å². The fraction of sp³-hybridized carbons (Fsp3) is 0. The van der Waals surface area contributed by atoms with Crippen molar-refractivity contribution in [1.29, 1.82) is 0 Å². The summed E-state index contributed by atoms with van der Waals surface area (Å²) >= 11 is 0. The van der Waals surface area contributed by atoms with Gasteiger partial charge in [-0.3, -0.25) is 0 Å². The molecule has 59 heavy (non-hydrogen) atoms. The fourth-order valence-electron chi connectivity index (χ4n) is 9.36. The van der Waals surface area contributed by atoms with Gasteiger partial charge in [0.1, 0.15) is 17.2 Å². The minimum Gasteiger partial charge on any atom is -0.507 e. The van der Waals surface area contributed by atoms with E-state index in [1.54, 1.807) is 0 Å². The van der Waals surface area contributed by atoms with Crippen LogP contribution >= 0.6 is 0 Å². The van der Waals surface area contributed by atoms with Crippen molar-refractivity contribution < 1.29 is 9.84 Å². The maximum Gasteiger partial charge on any atom is 0.202 e. The minimum absolute atomic E-state index is 0.229. The van der Waals surface area contributed by atoms with E-state index in [9.17, 15) is 5.11 Å². The van der Waals surface area contributed by atoms with E-state index < -0.39 is 8.07 Å². The molecule has 0 atom stereocenters. The van der Waals surface area contributed by atoms with Gasteiger partial charge in [0, 0.05) is 21.9 Å². The van der Waals surface area contributed by atoms with Crippen molar-refractivity contribution >= 4 is 68.8 Å². The van der Waals surface area contributed by atoms with E-state index in [-0.39, 0.29) is 5.75 Å². The molecule has 5 heteroatoms. The van der Waals surface area contributed by atoms with E-state index in [2.05, 4.69) is 212 Å². The van der Waals surface area contributed by atoms with Crippen LogP contribution in [0.2, 0.25) is 0 Å². The molecule has 0 spiro atoms. The average Bonchev–Trinajstić information content (AvgIpc) is 3.64. The molecule has 3 nitrogen and oxygen atoms in total. The van der Waals surface area contributed by atoms with Crippen molar-refractivity contribution in [2.24, 2.45) is 0 Å². The van der Waals surface area contributed by atoms with Crippen LogP contribution in [0.4, 0.5) is 0 Å². The second kappa shape index (κ2) is 14.2. The summed E-state index contributed by atoms with van der Waals surface area (Å²) in [4.78, 5) is 0. The van der Waals surface area contributed by atoms with Crippen molar-refractivity contribution in [1.82, 2.24) is 4.57 Å². The van der Waals surface area contributed by atoms with Crippen LogP contribution in [-0.4, -0.2) is 25.0 Å². The molecule has 0 unspecified atom stereocenters. The van der Waals surface area contributed by atoms with Crippen LogP contribution in [0.5, 0.6) is 17.2 Å². The van der Waals surface area contributed by atoms with Crippen molar-refractivity contribution in [3.63, 3.8) is 0 Å². The molecular formula is C54H37BNO2Si. The number of aromatic hydroxyl groups is 1. The van der Waals surface area contributed by atoms with Crippen LogP contribution in [0, 0.1) is 0 Å². The Hall–Kier alpha value is -7.34. The highest BCUT2D eigenvalue weighted by molar-refractivity contribution is 7.20. The maximum absolute atomic E-state index is 11.8. The number of para-hydroxylation sites is 3. The third-order valence-corrected chi connectivity index (χ3v) is 16.7. The van der Waals surface area contributed by atoms with Gasteiger partial charge in [-0.05, 0) is 79.2 Å². The molecule has 9 aromatic carbocycles. The zero-order chi connectivity index (χ0) is 39.3. The largest absolute Gasteiger partial charge is 0.507 e. The van der Waals surface area contributed by atoms with Gasteiger partial charge in [-0.2, -0.15) is 0 Å². The quantitative estimate of drug-likeness (QED) is 0.130. The highest BCUT2D eigenvalue weighted by Crippen LogP contribution is 2.38. The van der Waals surface area contributed by atoms with E-state index in [0.717, 1.165) is 50.4 Å². The van der Waals surface area contributed by atoms with Crippen LogP contribution in [-0.2, 0) is 0 Å². The Labute approximate surface area is 345 Å². The lowest BCUT2D eigenvalue weighted by Crippen LogP contribution is -2.74. The lowest BCUT2D eigenvalue weighted by molar-refractivity contribution is 0.477.